The number of benzene rings is 2. The third kappa shape index (κ3) is 4.15. The minimum atomic E-state index is -1.50. The number of hydrogen-bond donors (Lipinski definition) is 1. The van der Waals surface area contributed by atoms with Gasteiger partial charge in [0.25, 0.3) is 5.69 Å². The number of nitro groups is 1. The molecule has 22 heavy (non-hydrogen) atoms. The smallest absolute Gasteiger partial charge is 0.545 e. The number of hydrogen-bond acceptors (Lipinski definition) is 7. The first-order valence-electron chi connectivity index (χ1n) is 5.74. The summed E-state index contributed by atoms with van der Waals surface area (Å²) in [6.45, 7) is 0. The van der Waals surface area contributed by atoms with E-state index in [1.54, 1.807) is 24.3 Å². The molecule has 0 aliphatic rings. The van der Waals surface area contributed by atoms with E-state index in [1.165, 1.54) is 12.1 Å². The first kappa shape index (κ1) is 17.4. The van der Waals surface area contributed by atoms with Crippen molar-refractivity contribution in [2.45, 2.75) is 0 Å². The summed E-state index contributed by atoms with van der Waals surface area (Å²) in [5.41, 5.74) is 5.72. The van der Waals surface area contributed by atoms with E-state index < -0.39 is 16.6 Å². The predicted molar refractivity (Wildman–Crippen MR) is 72.5 cm³/mol. The van der Waals surface area contributed by atoms with Gasteiger partial charge in [0.1, 0.15) is 0 Å². The molecule has 0 saturated heterocycles. The first-order valence-corrected chi connectivity index (χ1v) is 5.74. The van der Waals surface area contributed by atoms with Crippen molar-refractivity contribution in [3.05, 3.63) is 58.1 Å². The van der Waals surface area contributed by atoms with E-state index in [9.17, 15) is 20.0 Å². The summed E-state index contributed by atoms with van der Waals surface area (Å²) in [7, 11) is 0. The monoisotopic (exact) mass is 292 g/mol. The molecule has 2 N–H and O–H groups in total. The number of carboxylic acids is 1. The molecule has 0 bridgehead atoms. The Labute approximate surface area is 137 Å². The number of nitrogen functional groups attached to an aromatic ring is 1. The molecule has 0 saturated carbocycles. The zero-order chi connectivity index (χ0) is 15.4. The Morgan fingerprint density at radius 3 is 2.27 bits per heavy atom. The van der Waals surface area contributed by atoms with Crippen molar-refractivity contribution in [1.82, 2.24) is 0 Å². The van der Waals surface area contributed by atoms with Gasteiger partial charge in [-0.3, -0.25) is 10.1 Å². The van der Waals surface area contributed by atoms with Crippen LogP contribution in [0.5, 0.6) is 0 Å². The molecule has 0 aliphatic carbocycles. The normalized spacial score (nSPS) is 10.2. The van der Waals surface area contributed by atoms with Crippen LogP contribution >= 0.6 is 0 Å². The van der Waals surface area contributed by atoms with Crippen LogP contribution in [0.15, 0.2) is 52.7 Å². The number of carboxylic acid groups (broad SMARTS) is 1. The molecule has 0 unspecified atom stereocenters. The molecule has 0 fully saturated rings. The summed E-state index contributed by atoms with van der Waals surface area (Å²) in [4.78, 5) is 20.9. The van der Waals surface area contributed by atoms with Crippen molar-refractivity contribution in [3.63, 3.8) is 0 Å². The van der Waals surface area contributed by atoms with E-state index in [-0.39, 0.29) is 30.1 Å². The largest absolute Gasteiger partial charge is 1.00 e. The van der Waals surface area contributed by atoms with Crippen molar-refractivity contribution in [1.29, 1.82) is 0 Å². The molecule has 0 aliphatic heterocycles. The minimum Gasteiger partial charge on any atom is -0.545 e. The Morgan fingerprint density at radius 2 is 1.73 bits per heavy atom. The van der Waals surface area contributed by atoms with E-state index in [0.717, 1.165) is 6.07 Å². The van der Waals surface area contributed by atoms with Gasteiger partial charge >= 0.3 is 18.9 Å². The Kier molecular flexibility index (Phi) is 5.80. The second-order valence-corrected chi connectivity index (χ2v) is 4.04. The average Bonchev–Trinajstić information content (AvgIpc) is 2.46. The van der Waals surface area contributed by atoms with Crippen LogP contribution in [0.1, 0.15) is 10.4 Å². The summed E-state index contributed by atoms with van der Waals surface area (Å²) in [5.74, 6) is -1.50. The van der Waals surface area contributed by atoms with E-state index in [0.29, 0.717) is 11.4 Å². The fourth-order valence-corrected chi connectivity index (χ4v) is 1.53. The van der Waals surface area contributed by atoms with Gasteiger partial charge in [-0.25, -0.2) is 0 Å². The van der Waals surface area contributed by atoms with Gasteiger partial charge < -0.3 is 15.6 Å². The van der Waals surface area contributed by atoms with Crippen LogP contribution in [0.3, 0.4) is 0 Å². The summed E-state index contributed by atoms with van der Waals surface area (Å²) in [6.07, 6.45) is 0. The number of nitrogens with zero attached hydrogens (tertiary/aromatic N) is 3. The maximum atomic E-state index is 10.9. The zero-order valence-electron chi connectivity index (χ0n) is 11.6. The number of rotatable bonds is 4. The third-order valence-corrected chi connectivity index (χ3v) is 2.57. The molecule has 106 valence electrons. The molecule has 9 heteroatoms. The van der Waals surface area contributed by atoms with E-state index in [1.807, 2.05) is 0 Å². The molecule has 0 aromatic heterocycles. The summed E-state index contributed by atoms with van der Waals surface area (Å²) in [6, 6.07) is 9.67. The second kappa shape index (κ2) is 7.35. The quantitative estimate of drug-likeness (QED) is 0.252. The molecule has 2 aromatic rings. The molecular formula is C13H9LiN4O4. The molecule has 2 rings (SSSR count). The maximum Gasteiger partial charge on any atom is 1.00 e. The van der Waals surface area contributed by atoms with Gasteiger partial charge in [-0.05, 0) is 30.3 Å². The Morgan fingerprint density at radius 1 is 1.09 bits per heavy atom. The maximum absolute atomic E-state index is 10.9. The molecule has 0 spiro atoms. The van der Waals surface area contributed by atoms with Gasteiger partial charge in [0.2, 0.25) is 0 Å². The number of nitrogens with two attached hydrogens (primary N) is 1. The van der Waals surface area contributed by atoms with E-state index in [2.05, 4.69) is 10.2 Å². The predicted octanol–water partition coefficient (Wildman–Crippen LogP) is -1.04. The molecule has 2 aromatic carbocycles. The van der Waals surface area contributed by atoms with Crippen LogP contribution in [-0.2, 0) is 0 Å². The van der Waals surface area contributed by atoms with Gasteiger partial charge in [0.15, 0.2) is 5.69 Å². The van der Waals surface area contributed by atoms with Crippen LogP contribution < -0.4 is 29.7 Å². The van der Waals surface area contributed by atoms with Crippen molar-refractivity contribution in [2.24, 2.45) is 10.2 Å². The molecule has 0 atom stereocenters. The summed E-state index contributed by atoms with van der Waals surface area (Å²) < 4.78 is 0. The Hall–Kier alpha value is -2.69. The number of anilines is 1. The second-order valence-electron chi connectivity index (χ2n) is 4.04. The van der Waals surface area contributed by atoms with E-state index in [4.69, 9.17) is 5.73 Å². The van der Waals surface area contributed by atoms with Crippen molar-refractivity contribution < 1.29 is 33.7 Å². The van der Waals surface area contributed by atoms with Crippen molar-refractivity contribution in [3.8, 4) is 0 Å². The summed E-state index contributed by atoms with van der Waals surface area (Å²) in [5, 5.41) is 29.2. The van der Waals surface area contributed by atoms with E-state index >= 15 is 0 Å². The fourth-order valence-electron chi connectivity index (χ4n) is 1.53. The Bertz CT molecular complexity index is 731. The first-order chi connectivity index (χ1) is 9.97. The SMILES string of the molecule is Nc1ccc(N=Nc2ccc(C(=O)[O-])cc2[N+](=O)[O-])cc1.[Li+]. The average molecular weight is 292 g/mol. The minimum absolute atomic E-state index is 0. The van der Waals surface area contributed by atoms with Gasteiger partial charge in [-0.15, -0.1) is 5.11 Å². The van der Waals surface area contributed by atoms with Crippen molar-refractivity contribution >= 4 is 28.7 Å². The van der Waals surface area contributed by atoms with Gasteiger partial charge in [-0.2, -0.15) is 5.11 Å². The number of nitro benzene ring substituents is 1. The zero-order valence-corrected chi connectivity index (χ0v) is 11.6. The standard InChI is InChI=1S/C13H10N4O4.Li/c14-9-2-4-10(5-3-9)15-16-11-6-1-8(13(18)19)7-12(11)17(20)21;/h1-7H,14H2,(H,18,19);/q;+1/p-1. The Balaban J connectivity index is 0.00000242. The fraction of sp³-hybridized carbons (Fsp3) is 0. The summed E-state index contributed by atoms with van der Waals surface area (Å²) >= 11 is 0. The number of aromatic carboxylic acids is 1. The molecule has 0 amide bonds. The number of carbonyl (C=O) groups excluding carboxylic acids is 1. The van der Waals surface area contributed by atoms with Gasteiger partial charge in [-0.1, -0.05) is 6.07 Å². The number of carbonyl (C=O) groups is 1. The third-order valence-electron chi connectivity index (χ3n) is 2.57. The topological polar surface area (TPSA) is 134 Å². The number of azo groups is 1. The van der Waals surface area contributed by atoms with Gasteiger partial charge in [0.05, 0.1) is 16.6 Å². The molecule has 0 heterocycles. The van der Waals surface area contributed by atoms with Gasteiger partial charge in [0, 0.05) is 17.3 Å². The molecule has 0 radical (unpaired) electrons. The van der Waals surface area contributed by atoms with Crippen LogP contribution in [-0.4, -0.2) is 10.9 Å². The van der Waals surface area contributed by atoms with Crippen molar-refractivity contribution in [2.75, 3.05) is 5.73 Å². The van der Waals surface area contributed by atoms with Crippen LogP contribution in [0, 0.1) is 10.1 Å². The van der Waals surface area contributed by atoms with Crippen LogP contribution in [0.25, 0.3) is 0 Å². The molecule has 8 nitrogen and oxygen atoms in total. The molecular weight excluding hydrogens is 283 g/mol. The van der Waals surface area contributed by atoms with Crippen LogP contribution in [0.2, 0.25) is 0 Å². The van der Waals surface area contributed by atoms with Crippen LogP contribution in [0.4, 0.5) is 22.7 Å².